The number of H-pyrrole nitrogens is 1. The second-order valence-electron chi connectivity index (χ2n) is 6.64. The Morgan fingerprint density at radius 3 is 2.59 bits per heavy atom. The number of amides is 1. The number of likely N-dealkylation sites (N-methyl/N-ethyl adjacent to an activating group) is 1. The minimum absolute atomic E-state index is 0.0184. The summed E-state index contributed by atoms with van der Waals surface area (Å²) in [6.07, 6.45) is 2.07. The molecule has 0 aliphatic rings. The van der Waals surface area contributed by atoms with Gasteiger partial charge >= 0.3 is 0 Å². The molecule has 3 aromatic rings. The van der Waals surface area contributed by atoms with Crippen LogP contribution in [0.25, 0.3) is 10.9 Å². The zero-order valence-corrected chi connectivity index (χ0v) is 16.1. The molecule has 2 aromatic carbocycles. The highest BCUT2D eigenvalue weighted by molar-refractivity contribution is 5.84. The second kappa shape index (κ2) is 8.73. The number of benzene rings is 2. The van der Waals surface area contributed by atoms with Crippen molar-refractivity contribution in [2.24, 2.45) is 0 Å². The highest BCUT2D eigenvalue weighted by Gasteiger charge is 2.20. The first-order valence-corrected chi connectivity index (χ1v) is 9.35. The Kier molecular flexibility index (Phi) is 6.14. The van der Waals surface area contributed by atoms with Crippen molar-refractivity contribution in [1.82, 2.24) is 15.6 Å². The number of aromatic amines is 1. The number of aromatic nitrogens is 1. The maximum absolute atomic E-state index is 12.1. The molecule has 0 aliphatic heterocycles. The Bertz CT molecular complexity index is 886. The number of hydrogen-bond acceptors (Lipinski definition) is 3. The van der Waals surface area contributed by atoms with Gasteiger partial charge < -0.3 is 20.4 Å². The molecule has 0 aliphatic carbocycles. The van der Waals surface area contributed by atoms with Gasteiger partial charge in [-0.05, 0) is 43.2 Å². The fourth-order valence-electron chi connectivity index (χ4n) is 3.34. The van der Waals surface area contributed by atoms with E-state index in [4.69, 9.17) is 4.74 Å². The molecule has 3 N–H and O–H groups in total. The van der Waals surface area contributed by atoms with Crippen LogP contribution >= 0.6 is 0 Å². The number of para-hydroxylation sites is 1. The lowest BCUT2D eigenvalue weighted by Crippen LogP contribution is -2.43. The predicted molar refractivity (Wildman–Crippen MR) is 109 cm³/mol. The van der Waals surface area contributed by atoms with E-state index >= 15 is 0 Å². The molecule has 0 radical (unpaired) electrons. The lowest BCUT2D eigenvalue weighted by molar-refractivity contribution is -0.122. The summed E-state index contributed by atoms with van der Waals surface area (Å²) in [6.45, 7) is 5.11. The third-order valence-corrected chi connectivity index (χ3v) is 4.89. The van der Waals surface area contributed by atoms with Crippen molar-refractivity contribution in [3.8, 4) is 5.75 Å². The number of carbonyl (C=O) groups excluding carboxylic acids is 1. The Morgan fingerprint density at radius 2 is 1.89 bits per heavy atom. The highest BCUT2D eigenvalue weighted by Crippen LogP contribution is 2.31. The summed E-state index contributed by atoms with van der Waals surface area (Å²) < 4.78 is 5.29. The van der Waals surface area contributed by atoms with Crippen molar-refractivity contribution in [1.29, 1.82) is 0 Å². The standard InChI is InChI=1S/C22H27N3O2/c1-4-23-22(26)15(2)24-13-19(16-9-11-17(27-3)12-10-16)20-14-25-21-8-6-5-7-18(20)21/h5-12,14-15,19,24-25H,4,13H2,1-3H3,(H,23,26)/t15-,19+/m0/s1. The topological polar surface area (TPSA) is 66.2 Å². The third-order valence-electron chi connectivity index (χ3n) is 4.89. The van der Waals surface area contributed by atoms with E-state index in [0.717, 1.165) is 11.3 Å². The van der Waals surface area contributed by atoms with E-state index in [9.17, 15) is 4.79 Å². The van der Waals surface area contributed by atoms with Crippen LogP contribution < -0.4 is 15.4 Å². The number of carbonyl (C=O) groups is 1. The van der Waals surface area contributed by atoms with Crippen LogP contribution in [-0.2, 0) is 4.79 Å². The molecule has 1 heterocycles. The van der Waals surface area contributed by atoms with Crippen LogP contribution in [0.5, 0.6) is 5.75 Å². The summed E-state index contributed by atoms with van der Waals surface area (Å²) in [7, 11) is 1.67. The smallest absolute Gasteiger partial charge is 0.236 e. The first-order valence-electron chi connectivity index (χ1n) is 9.35. The van der Waals surface area contributed by atoms with Gasteiger partial charge in [0.2, 0.25) is 5.91 Å². The van der Waals surface area contributed by atoms with Crippen molar-refractivity contribution in [3.05, 3.63) is 65.9 Å². The van der Waals surface area contributed by atoms with E-state index in [-0.39, 0.29) is 17.9 Å². The van der Waals surface area contributed by atoms with Crippen LogP contribution in [0.15, 0.2) is 54.7 Å². The Hall–Kier alpha value is -2.79. The average molecular weight is 365 g/mol. The van der Waals surface area contributed by atoms with Gasteiger partial charge in [0.1, 0.15) is 5.75 Å². The molecule has 0 saturated carbocycles. The minimum Gasteiger partial charge on any atom is -0.497 e. The van der Waals surface area contributed by atoms with Gasteiger partial charge in [-0.2, -0.15) is 0 Å². The van der Waals surface area contributed by atoms with Gasteiger partial charge in [-0.1, -0.05) is 30.3 Å². The summed E-state index contributed by atoms with van der Waals surface area (Å²) in [5, 5.41) is 7.45. The van der Waals surface area contributed by atoms with Crippen molar-refractivity contribution in [2.45, 2.75) is 25.8 Å². The number of hydrogen-bond donors (Lipinski definition) is 3. The SMILES string of the molecule is CCNC(=O)[C@H](C)NC[C@H](c1ccc(OC)cc1)c1c[nH]c2ccccc12. The van der Waals surface area contributed by atoms with Gasteiger partial charge in [-0.3, -0.25) is 4.79 Å². The predicted octanol–water partition coefficient (Wildman–Crippen LogP) is 3.42. The zero-order chi connectivity index (χ0) is 19.2. The maximum Gasteiger partial charge on any atom is 0.236 e. The Balaban J connectivity index is 1.90. The van der Waals surface area contributed by atoms with Gasteiger partial charge in [0, 0.05) is 36.1 Å². The van der Waals surface area contributed by atoms with Gasteiger partial charge in [0.15, 0.2) is 0 Å². The molecular weight excluding hydrogens is 338 g/mol. The van der Waals surface area contributed by atoms with Crippen LogP contribution in [0, 0.1) is 0 Å². The normalized spacial score (nSPS) is 13.3. The molecule has 3 rings (SSSR count). The number of nitrogens with one attached hydrogen (secondary N) is 3. The first-order chi connectivity index (χ1) is 13.1. The largest absolute Gasteiger partial charge is 0.497 e. The number of rotatable bonds is 8. The summed E-state index contributed by atoms with van der Waals surface area (Å²) in [4.78, 5) is 15.4. The number of ether oxygens (including phenoxy) is 1. The van der Waals surface area contributed by atoms with Crippen LogP contribution in [-0.4, -0.2) is 37.1 Å². The molecule has 142 valence electrons. The summed E-state index contributed by atoms with van der Waals surface area (Å²) in [5.41, 5.74) is 3.50. The molecule has 0 unspecified atom stereocenters. The van der Waals surface area contributed by atoms with Crippen molar-refractivity contribution in [2.75, 3.05) is 20.2 Å². The van der Waals surface area contributed by atoms with Gasteiger partial charge in [-0.25, -0.2) is 0 Å². The fraction of sp³-hybridized carbons (Fsp3) is 0.318. The quantitative estimate of drug-likeness (QED) is 0.573. The summed E-state index contributed by atoms with van der Waals surface area (Å²) >= 11 is 0. The van der Waals surface area contributed by atoms with E-state index in [1.807, 2.05) is 32.0 Å². The Morgan fingerprint density at radius 1 is 1.15 bits per heavy atom. The highest BCUT2D eigenvalue weighted by atomic mass is 16.5. The molecule has 1 amide bonds. The van der Waals surface area contributed by atoms with Crippen LogP contribution in [0.4, 0.5) is 0 Å². The number of methoxy groups -OCH3 is 1. The van der Waals surface area contributed by atoms with Gasteiger partial charge in [0.25, 0.3) is 0 Å². The molecule has 27 heavy (non-hydrogen) atoms. The summed E-state index contributed by atoms with van der Waals surface area (Å²) in [5.74, 6) is 0.967. The fourth-order valence-corrected chi connectivity index (χ4v) is 3.34. The Labute approximate surface area is 160 Å². The second-order valence-corrected chi connectivity index (χ2v) is 6.64. The van der Waals surface area contributed by atoms with E-state index in [1.165, 1.54) is 16.5 Å². The molecule has 0 fully saturated rings. The first kappa shape index (κ1) is 19.0. The van der Waals surface area contributed by atoms with E-state index in [2.05, 4.69) is 52.1 Å². The molecule has 0 bridgehead atoms. The van der Waals surface area contributed by atoms with E-state index in [1.54, 1.807) is 7.11 Å². The van der Waals surface area contributed by atoms with E-state index < -0.39 is 0 Å². The molecule has 0 saturated heterocycles. The third kappa shape index (κ3) is 4.31. The lowest BCUT2D eigenvalue weighted by Gasteiger charge is -2.21. The van der Waals surface area contributed by atoms with Gasteiger partial charge in [0.05, 0.1) is 13.2 Å². The van der Waals surface area contributed by atoms with Crippen molar-refractivity contribution in [3.63, 3.8) is 0 Å². The minimum atomic E-state index is -0.254. The van der Waals surface area contributed by atoms with Crippen molar-refractivity contribution < 1.29 is 9.53 Å². The molecule has 0 spiro atoms. The zero-order valence-electron chi connectivity index (χ0n) is 16.1. The maximum atomic E-state index is 12.1. The van der Waals surface area contributed by atoms with Crippen LogP contribution in [0.2, 0.25) is 0 Å². The van der Waals surface area contributed by atoms with Crippen LogP contribution in [0.1, 0.15) is 30.9 Å². The van der Waals surface area contributed by atoms with Crippen molar-refractivity contribution >= 4 is 16.8 Å². The molecule has 2 atom stereocenters. The average Bonchev–Trinajstić information content (AvgIpc) is 3.12. The molecule has 1 aromatic heterocycles. The van der Waals surface area contributed by atoms with E-state index in [0.29, 0.717) is 13.1 Å². The number of fused-ring (bicyclic) bond motifs is 1. The summed E-state index contributed by atoms with van der Waals surface area (Å²) in [6, 6.07) is 16.2. The van der Waals surface area contributed by atoms with Gasteiger partial charge in [-0.15, -0.1) is 0 Å². The van der Waals surface area contributed by atoms with Crippen LogP contribution in [0.3, 0.4) is 0 Å². The molecule has 5 nitrogen and oxygen atoms in total. The molecular formula is C22H27N3O2. The monoisotopic (exact) mass is 365 g/mol. The molecule has 5 heteroatoms. The lowest BCUT2D eigenvalue weighted by atomic mass is 9.90.